The van der Waals surface area contributed by atoms with Crippen molar-refractivity contribution in [1.29, 1.82) is 0 Å². The zero-order valence-electron chi connectivity index (χ0n) is 14.3. The highest BCUT2D eigenvalue weighted by molar-refractivity contribution is 5.98. The minimum absolute atomic E-state index is 0.140. The molecule has 0 radical (unpaired) electrons. The number of hydrogen-bond donors (Lipinski definition) is 0. The van der Waals surface area contributed by atoms with Gasteiger partial charge in [-0.1, -0.05) is 6.42 Å². The molecule has 3 fully saturated rings. The van der Waals surface area contributed by atoms with Crippen molar-refractivity contribution in [3.8, 4) is 0 Å². The van der Waals surface area contributed by atoms with E-state index in [9.17, 15) is 9.59 Å². The average Bonchev–Trinajstić information content (AvgIpc) is 3.37. The van der Waals surface area contributed by atoms with E-state index in [2.05, 4.69) is 0 Å². The first kappa shape index (κ1) is 15.7. The molecule has 3 unspecified atom stereocenters. The maximum atomic E-state index is 13.0. The van der Waals surface area contributed by atoms with Crippen molar-refractivity contribution in [2.75, 3.05) is 20.2 Å². The quantitative estimate of drug-likeness (QED) is 0.797. The van der Waals surface area contributed by atoms with Gasteiger partial charge in [0.25, 0.3) is 5.91 Å². The maximum absolute atomic E-state index is 13.0. The van der Waals surface area contributed by atoms with E-state index in [-0.39, 0.29) is 11.9 Å². The smallest absolute Gasteiger partial charge is 0.337 e. The summed E-state index contributed by atoms with van der Waals surface area (Å²) in [6.07, 6.45) is 7.22. The Bertz CT molecular complexity index is 663. The topological polar surface area (TPSA) is 46.6 Å². The molecule has 0 spiro atoms. The number of likely N-dealkylation sites (tertiary alicyclic amines) is 1. The van der Waals surface area contributed by atoms with Crippen molar-refractivity contribution in [2.24, 2.45) is 11.8 Å². The van der Waals surface area contributed by atoms with E-state index in [1.165, 1.54) is 26.4 Å². The van der Waals surface area contributed by atoms with Gasteiger partial charge in [-0.25, -0.2) is 4.79 Å². The van der Waals surface area contributed by atoms with Crippen molar-refractivity contribution in [2.45, 2.75) is 44.4 Å². The lowest BCUT2D eigenvalue weighted by atomic mass is 9.80. The van der Waals surface area contributed by atoms with Crippen LogP contribution in [0, 0.1) is 11.8 Å². The zero-order chi connectivity index (χ0) is 16.7. The fraction of sp³-hybridized carbons (Fsp3) is 0.600. The van der Waals surface area contributed by atoms with Gasteiger partial charge >= 0.3 is 5.97 Å². The minimum Gasteiger partial charge on any atom is -0.465 e. The molecule has 128 valence electrons. The van der Waals surface area contributed by atoms with Crippen LogP contribution in [0.15, 0.2) is 18.2 Å². The second-order valence-electron chi connectivity index (χ2n) is 7.57. The number of ether oxygens (including phenoxy) is 1. The van der Waals surface area contributed by atoms with Crippen LogP contribution >= 0.6 is 0 Å². The number of esters is 1. The molecule has 1 heterocycles. The highest BCUT2D eigenvalue weighted by Crippen LogP contribution is 2.53. The number of carbonyl (C=O) groups excluding carboxylic acids is 2. The Labute approximate surface area is 143 Å². The summed E-state index contributed by atoms with van der Waals surface area (Å²) in [6, 6.07) is 5.53. The summed E-state index contributed by atoms with van der Waals surface area (Å²) in [5.74, 6) is 1.72. The van der Waals surface area contributed by atoms with Gasteiger partial charge in [0.2, 0.25) is 0 Å². The zero-order valence-corrected chi connectivity index (χ0v) is 14.3. The Hall–Kier alpha value is -1.84. The highest BCUT2D eigenvalue weighted by atomic mass is 16.5. The number of methoxy groups -OCH3 is 1. The summed E-state index contributed by atoms with van der Waals surface area (Å²) < 4.78 is 4.88. The van der Waals surface area contributed by atoms with Gasteiger partial charge in [0.15, 0.2) is 0 Å². The lowest BCUT2D eigenvalue weighted by molar-refractivity contribution is 0.0599. The summed E-state index contributed by atoms with van der Waals surface area (Å²) in [4.78, 5) is 26.9. The Morgan fingerprint density at radius 3 is 2.54 bits per heavy atom. The first-order valence-corrected chi connectivity index (χ1v) is 9.19. The summed E-state index contributed by atoms with van der Waals surface area (Å²) in [5.41, 5.74) is 2.46. The van der Waals surface area contributed by atoms with Crippen molar-refractivity contribution in [3.63, 3.8) is 0 Å². The van der Waals surface area contributed by atoms with Gasteiger partial charge in [0.05, 0.1) is 12.7 Å². The summed E-state index contributed by atoms with van der Waals surface area (Å²) in [7, 11) is 1.41. The van der Waals surface area contributed by atoms with Crippen LogP contribution in [0.25, 0.3) is 0 Å². The summed E-state index contributed by atoms with van der Waals surface area (Å²) >= 11 is 0. The van der Waals surface area contributed by atoms with E-state index in [0.29, 0.717) is 17.4 Å². The molecular formula is C20H25NO3. The number of rotatable bonds is 3. The van der Waals surface area contributed by atoms with Crippen molar-refractivity contribution in [3.05, 3.63) is 34.9 Å². The van der Waals surface area contributed by atoms with Crippen LogP contribution in [0.2, 0.25) is 0 Å². The molecule has 2 bridgehead atoms. The number of carbonyl (C=O) groups is 2. The highest BCUT2D eigenvalue weighted by Gasteiger charge is 2.42. The summed E-state index contributed by atoms with van der Waals surface area (Å²) in [6.45, 7) is 1.71. The molecule has 4 nitrogen and oxygen atoms in total. The third-order valence-corrected chi connectivity index (χ3v) is 6.23. The standard InChI is InChI=1S/C20H25NO3/c1-24-20(23)15-6-7-16(19(22)21-8-2-3-9-21)18(12-15)17-11-13-4-5-14(17)10-13/h6-7,12-14,17H,2-5,8-11H2,1H3. The molecule has 3 aliphatic rings. The fourth-order valence-corrected chi connectivity index (χ4v) is 5.03. The van der Waals surface area contributed by atoms with Gasteiger partial charge in [0, 0.05) is 18.7 Å². The van der Waals surface area contributed by atoms with E-state index in [4.69, 9.17) is 4.74 Å². The van der Waals surface area contributed by atoms with E-state index in [1.54, 1.807) is 6.07 Å². The largest absolute Gasteiger partial charge is 0.465 e. The van der Waals surface area contributed by atoms with Gasteiger partial charge in [-0.3, -0.25) is 4.79 Å². The molecule has 0 N–H and O–H groups in total. The molecule has 1 aliphatic heterocycles. The van der Waals surface area contributed by atoms with E-state index in [1.807, 2.05) is 17.0 Å². The van der Waals surface area contributed by atoms with Crippen LogP contribution in [0.4, 0.5) is 0 Å². The number of nitrogens with zero attached hydrogens (tertiary/aromatic N) is 1. The molecule has 2 aliphatic carbocycles. The second-order valence-corrected chi connectivity index (χ2v) is 7.57. The molecule has 1 aromatic rings. The van der Waals surface area contributed by atoms with E-state index in [0.717, 1.165) is 49.4 Å². The molecule has 1 aromatic carbocycles. The van der Waals surface area contributed by atoms with Crippen molar-refractivity contribution in [1.82, 2.24) is 4.90 Å². The average molecular weight is 327 g/mol. The van der Waals surface area contributed by atoms with Gasteiger partial charge in [-0.05, 0) is 73.6 Å². The normalized spacial score (nSPS) is 28.4. The van der Waals surface area contributed by atoms with Crippen LogP contribution in [0.3, 0.4) is 0 Å². The Kier molecular flexibility index (Phi) is 4.07. The first-order valence-electron chi connectivity index (χ1n) is 9.19. The molecule has 4 rings (SSSR count). The fourth-order valence-electron chi connectivity index (χ4n) is 5.03. The predicted molar refractivity (Wildman–Crippen MR) is 91.1 cm³/mol. The molecule has 4 heteroatoms. The van der Waals surface area contributed by atoms with E-state index >= 15 is 0 Å². The van der Waals surface area contributed by atoms with E-state index < -0.39 is 0 Å². The third kappa shape index (κ3) is 2.62. The number of hydrogen-bond acceptors (Lipinski definition) is 3. The number of benzene rings is 1. The predicted octanol–water partition coefficient (Wildman–Crippen LogP) is 3.61. The minimum atomic E-state index is -0.320. The van der Waals surface area contributed by atoms with Crippen LogP contribution in [-0.4, -0.2) is 37.0 Å². The summed E-state index contributed by atoms with van der Waals surface area (Å²) in [5, 5.41) is 0. The lowest BCUT2D eigenvalue weighted by Crippen LogP contribution is -2.29. The van der Waals surface area contributed by atoms with Gasteiger partial charge < -0.3 is 9.64 Å². The van der Waals surface area contributed by atoms with Crippen molar-refractivity contribution >= 4 is 11.9 Å². The maximum Gasteiger partial charge on any atom is 0.337 e. The first-order chi connectivity index (χ1) is 11.7. The van der Waals surface area contributed by atoms with Crippen LogP contribution in [-0.2, 0) is 4.74 Å². The van der Waals surface area contributed by atoms with Crippen LogP contribution < -0.4 is 0 Å². The van der Waals surface area contributed by atoms with Crippen molar-refractivity contribution < 1.29 is 14.3 Å². The van der Waals surface area contributed by atoms with Gasteiger partial charge in [0.1, 0.15) is 0 Å². The molecular weight excluding hydrogens is 302 g/mol. The lowest BCUT2D eigenvalue weighted by Gasteiger charge is -2.26. The molecule has 1 amide bonds. The van der Waals surface area contributed by atoms with Gasteiger partial charge in [-0.15, -0.1) is 0 Å². The monoisotopic (exact) mass is 327 g/mol. The molecule has 0 aromatic heterocycles. The van der Waals surface area contributed by atoms with Crippen LogP contribution in [0.1, 0.15) is 70.7 Å². The Morgan fingerprint density at radius 1 is 1.12 bits per heavy atom. The molecule has 24 heavy (non-hydrogen) atoms. The SMILES string of the molecule is COC(=O)c1ccc(C(=O)N2CCCC2)c(C2CC3CCC2C3)c1. The number of fused-ring (bicyclic) bond motifs is 2. The molecule has 1 saturated heterocycles. The van der Waals surface area contributed by atoms with Gasteiger partial charge in [-0.2, -0.15) is 0 Å². The number of amides is 1. The molecule has 2 saturated carbocycles. The van der Waals surface area contributed by atoms with Crippen LogP contribution in [0.5, 0.6) is 0 Å². The Morgan fingerprint density at radius 2 is 1.92 bits per heavy atom. The third-order valence-electron chi connectivity index (χ3n) is 6.23. The molecule has 3 atom stereocenters. The second kappa shape index (κ2) is 6.23. The Balaban J connectivity index is 1.71.